The van der Waals surface area contributed by atoms with Gasteiger partial charge >= 0.3 is 0 Å². The Balaban J connectivity index is 2.66. The van der Waals surface area contributed by atoms with Crippen LogP contribution in [0.15, 0.2) is 0 Å². The average molecular weight is 216 g/mol. The van der Waals surface area contributed by atoms with Crippen LogP contribution in [-0.2, 0) is 0 Å². The molecule has 1 N–H and O–H groups in total. The first kappa shape index (κ1) is 12.9. The molecule has 1 unspecified atom stereocenters. The van der Waals surface area contributed by atoms with E-state index < -0.39 is 0 Å². The highest BCUT2D eigenvalue weighted by atomic mass is 19.1. The lowest BCUT2D eigenvalue weighted by Gasteiger charge is -2.49. The van der Waals surface area contributed by atoms with E-state index in [1.54, 1.807) is 0 Å². The zero-order valence-electron chi connectivity index (χ0n) is 10.7. The topological polar surface area (TPSA) is 15.3 Å². The predicted molar refractivity (Wildman–Crippen MR) is 62.9 cm³/mol. The summed E-state index contributed by atoms with van der Waals surface area (Å²) >= 11 is 0. The Bertz CT molecular complexity index is 208. The minimum Gasteiger partial charge on any atom is -0.310 e. The van der Waals surface area contributed by atoms with Crippen LogP contribution in [0, 0.1) is 5.41 Å². The van der Waals surface area contributed by atoms with Gasteiger partial charge in [0.15, 0.2) is 0 Å². The van der Waals surface area contributed by atoms with Crippen molar-refractivity contribution in [2.75, 3.05) is 26.3 Å². The van der Waals surface area contributed by atoms with Gasteiger partial charge in [-0.1, -0.05) is 20.8 Å². The highest BCUT2D eigenvalue weighted by Gasteiger charge is 2.37. The lowest BCUT2D eigenvalue weighted by molar-refractivity contribution is 0.0318. The second-order valence-corrected chi connectivity index (χ2v) is 6.25. The Morgan fingerprint density at radius 2 is 2.00 bits per heavy atom. The number of nitrogens with zero attached hydrogens (tertiary/aromatic N) is 1. The molecular weight excluding hydrogens is 191 g/mol. The van der Waals surface area contributed by atoms with E-state index in [0.717, 1.165) is 13.1 Å². The maximum atomic E-state index is 12.5. The van der Waals surface area contributed by atoms with Gasteiger partial charge in [0.2, 0.25) is 0 Å². The summed E-state index contributed by atoms with van der Waals surface area (Å²) in [6.07, 6.45) is 0. The molecule has 0 spiro atoms. The molecule has 1 aliphatic heterocycles. The molecule has 1 rings (SSSR count). The van der Waals surface area contributed by atoms with Crippen LogP contribution in [0.2, 0.25) is 0 Å². The van der Waals surface area contributed by atoms with Gasteiger partial charge in [0.05, 0.1) is 0 Å². The van der Waals surface area contributed by atoms with Crippen LogP contribution in [0.5, 0.6) is 0 Å². The van der Waals surface area contributed by atoms with Crippen LogP contribution in [0.3, 0.4) is 0 Å². The molecule has 90 valence electrons. The van der Waals surface area contributed by atoms with Crippen molar-refractivity contribution in [2.45, 2.75) is 46.2 Å². The quantitative estimate of drug-likeness (QED) is 0.760. The van der Waals surface area contributed by atoms with Gasteiger partial charge in [-0.05, 0) is 19.3 Å². The van der Waals surface area contributed by atoms with E-state index in [1.165, 1.54) is 0 Å². The predicted octanol–water partition coefficient (Wildman–Crippen LogP) is 2.05. The standard InChI is InChI=1S/C12H25FN2/c1-11(2,3)10-8-15(7-6-13)12(4,5)9-14-10/h10,14H,6-9H2,1-5H3. The summed E-state index contributed by atoms with van der Waals surface area (Å²) in [7, 11) is 0. The molecule has 1 saturated heterocycles. The van der Waals surface area contributed by atoms with Crippen molar-refractivity contribution in [3.63, 3.8) is 0 Å². The van der Waals surface area contributed by atoms with Gasteiger partial charge in [0, 0.05) is 31.2 Å². The molecule has 0 bridgehead atoms. The van der Waals surface area contributed by atoms with Crippen molar-refractivity contribution in [1.29, 1.82) is 0 Å². The largest absolute Gasteiger partial charge is 0.310 e. The lowest BCUT2D eigenvalue weighted by Crippen LogP contribution is -2.65. The lowest BCUT2D eigenvalue weighted by atomic mass is 9.83. The van der Waals surface area contributed by atoms with Crippen LogP contribution in [-0.4, -0.2) is 42.8 Å². The number of alkyl halides is 1. The molecule has 1 atom stereocenters. The number of halogens is 1. The van der Waals surface area contributed by atoms with Crippen molar-refractivity contribution in [1.82, 2.24) is 10.2 Å². The maximum Gasteiger partial charge on any atom is 0.102 e. The molecule has 15 heavy (non-hydrogen) atoms. The Morgan fingerprint density at radius 1 is 1.40 bits per heavy atom. The van der Waals surface area contributed by atoms with Gasteiger partial charge in [0.1, 0.15) is 6.67 Å². The summed E-state index contributed by atoms with van der Waals surface area (Å²) in [5.41, 5.74) is 0.318. The summed E-state index contributed by atoms with van der Waals surface area (Å²) < 4.78 is 12.5. The maximum absolute atomic E-state index is 12.5. The van der Waals surface area contributed by atoms with Crippen LogP contribution in [0.25, 0.3) is 0 Å². The highest BCUT2D eigenvalue weighted by Crippen LogP contribution is 2.27. The van der Waals surface area contributed by atoms with Gasteiger partial charge in [-0.15, -0.1) is 0 Å². The van der Waals surface area contributed by atoms with Gasteiger partial charge in [-0.3, -0.25) is 4.90 Å². The normalized spacial score (nSPS) is 28.0. The monoisotopic (exact) mass is 216 g/mol. The minimum atomic E-state index is -0.250. The van der Waals surface area contributed by atoms with Crippen molar-refractivity contribution < 1.29 is 4.39 Å². The molecule has 2 nitrogen and oxygen atoms in total. The molecule has 0 saturated carbocycles. The van der Waals surface area contributed by atoms with E-state index in [0.29, 0.717) is 12.6 Å². The third-order valence-corrected chi connectivity index (χ3v) is 3.44. The van der Waals surface area contributed by atoms with E-state index in [4.69, 9.17) is 0 Å². The number of piperazine rings is 1. The second kappa shape index (κ2) is 4.38. The van der Waals surface area contributed by atoms with Gasteiger partial charge in [-0.25, -0.2) is 4.39 Å². The molecule has 0 aromatic heterocycles. The first-order valence-electron chi connectivity index (χ1n) is 5.82. The number of rotatable bonds is 2. The fraction of sp³-hybridized carbons (Fsp3) is 1.00. The van der Waals surface area contributed by atoms with E-state index >= 15 is 0 Å². The molecule has 0 amide bonds. The first-order chi connectivity index (χ1) is 6.77. The molecule has 1 aliphatic rings. The first-order valence-corrected chi connectivity index (χ1v) is 5.82. The summed E-state index contributed by atoms with van der Waals surface area (Å²) in [4.78, 5) is 2.26. The molecule has 1 heterocycles. The van der Waals surface area contributed by atoms with Crippen molar-refractivity contribution in [3.05, 3.63) is 0 Å². The van der Waals surface area contributed by atoms with E-state index in [2.05, 4.69) is 44.8 Å². The fourth-order valence-corrected chi connectivity index (χ4v) is 2.09. The third kappa shape index (κ3) is 3.15. The highest BCUT2D eigenvalue weighted by molar-refractivity contribution is 4.96. The molecule has 1 fully saturated rings. The summed E-state index contributed by atoms with van der Waals surface area (Å²) in [5.74, 6) is 0. The minimum absolute atomic E-state index is 0.0772. The Hall–Kier alpha value is -0.150. The van der Waals surface area contributed by atoms with E-state index in [-0.39, 0.29) is 17.6 Å². The molecule has 0 aliphatic carbocycles. The van der Waals surface area contributed by atoms with Gasteiger partial charge in [0.25, 0.3) is 0 Å². The zero-order chi connectivity index (χ0) is 11.7. The molecular formula is C12H25FN2. The SMILES string of the molecule is CC(C)(C)C1CN(CCF)C(C)(C)CN1. The van der Waals surface area contributed by atoms with Crippen molar-refractivity contribution >= 4 is 0 Å². The summed E-state index contributed by atoms with van der Waals surface area (Å²) in [6, 6.07) is 0.456. The van der Waals surface area contributed by atoms with Crippen molar-refractivity contribution in [2.24, 2.45) is 5.41 Å². The molecule has 0 aromatic carbocycles. The molecule has 0 radical (unpaired) electrons. The number of hydrogen-bond donors (Lipinski definition) is 1. The number of nitrogens with one attached hydrogen (secondary N) is 1. The van der Waals surface area contributed by atoms with Crippen molar-refractivity contribution in [3.8, 4) is 0 Å². The van der Waals surface area contributed by atoms with E-state index in [9.17, 15) is 4.39 Å². The number of hydrogen-bond acceptors (Lipinski definition) is 2. The Labute approximate surface area is 93.2 Å². The van der Waals surface area contributed by atoms with Crippen LogP contribution < -0.4 is 5.32 Å². The van der Waals surface area contributed by atoms with Crippen LogP contribution in [0.4, 0.5) is 4.39 Å². The fourth-order valence-electron chi connectivity index (χ4n) is 2.09. The molecule has 0 aromatic rings. The van der Waals surface area contributed by atoms with Gasteiger partial charge < -0.3 is 5.32 Å². The molecule has 3 heteroatoms. The zero-order valence-corrected chi connectivity index (χ0v) is 10.7. The van der Waals surface area contributed by atoms with Crippen LogP contribution >= 0.6 is 0 Å². The van der Waals surface area contributed by atoms with E-state index in [1.807, 2.05) is 0 Å². The summed E-state index contributed by atoms with van der Waals surface area (Å²) in [6.45, 7) is 13.2. The van der Waals surface area contributed by atoms with Crippen LogP contribution in [0.1, 0.15) is 34.6 Å². The van der Waals surface area contributed by atoms with Gasteiger partial charge in [-0.2, -0.15) is 0 Å². The smallest absolute Gasteiger partial charge is 0.102 e. The Kier molecular flexibility index (Phi) is 3.77. The Morgan fingerprint density at radius 3 is 2.47 bits per heavy atom. The third-order valence-electron chi connectivity index (χ3n) is 3.44. The second-order valence-electron chi connectivity index (χ2n) is 6.25. The summed E-state index contributed by atoms with van der Waals surface area (Å²) in [5, 5.41) is 3.57. The average Bonchev–Trinajstić information content (AvgIpc) is 2.06.